The number of hydrogen-bond acceptors (Lipinski definition) is 5. The Morgan fingerprint density at radius 3 is 2.58 bits per heavy atom. The summed E-state index contributed by atoms with van der Waals surface area (Å²) >= 11 is 5.50. The molecule has 6 nitrogen and oxygen atoms in total. The lowest BCUT2D eigenvalue weighted by molar-refractivity contribution is 0.102. The van der Waals surface area contributed by atoms with Crippen LogP contribution in [0.3, 0.4) is 0 Å². The van der Waals surface area contributed by atoms with Crippen molar-refractivity contribution in [3.05, 3.63) is 47.3 Å². The average molecular weight is 283 g/mol. The third-order valence-electron chi connectivity index (χ3n) is 2.23. The van der Waals surface area contributed by atoms with E-state index in [2.05, 4.69) is 15.3 Å². The van der Waals surface area contributed by atoms with Gasteiger partial charge in [-0.1, -0.05) is 0 Å². The van der Waals surface area contributed by atoms with E-state index in [0.29, 0.717) is 5.69 Å². The summed E-state index contributed by atoms with van der Waals surface area (Å²) in [5.74, 6) is -1.28. The zero-order valence-electron chi connectivity index (χ0n) is 9.39. The topological polar surface area (TPSA) is 87.1 Å². The van der Waals surface area contributed by atoms with Crippen molar-refractivity contribution in [1.82, 2.24) is 9.97 Å². The molecule has 0 unspecified atom stereocenters. The smallest absolute Gasteiger partial charge is 0.255 e. The maximum Gasteiger partial charge on any atom is 0.255 e. The Morgan fingerprint density at radius 2 is 2.00 bits per heavy atom. The van der Waals surface area contributed by atoms with Crippen molar-refractivity contribution in [2.75, 3.05) is 10.8 Å². The number of hydrogen-bond donors (Lipinski definition) is 3. The van der Waals surface area contributed by atoms with Gasteiger partial charge < -0.3 is 5.32 Å². The molecular weight excluding hydrogens is 275 g/mol. The van der Waals surface area contributed by atoms with Crippen LogP contribution < -0.4 is 10.8 Å². The van der Waals surface area contributed by atoms with Crippen molar-refractivity contribution in [2.45, 2.75) is 0 Å². The Bertz CT molecular complexity index is 606. The molecule has 0 atom stereocenters. The largest absolute Gasteiger partial charge is 0.319 e. The van der Waals surface area contributed by atoms with Crippen molar-refractivity contribution in [1.29, 1.82) is 0 Å². The predicted octanol–water partition coefficient (Wildman–Crippen LogP) is 2.32. The van der Waals surface area contributed by atoms with Gasteiger partial charge in [-0.05, 0) is 29.8 Å². The molecule has 2 rings (SSSR count). The number of carbonyl (C=O) groups is 1. The molecule has 1 heterocycles. The Morgan fingerprint density at radius 1 is 1.32 bits per heavy atom. The Balaban J connectivity index is 2.16. The summed E-state index contributed by atoms with van der Waals surface area (Å²) in [4.78, 5) is 19.2. The molecule has 0 fully saturated rings. The number of nitrogens with zero attached hydrogens (tertiary/aromatic N) is 2. The number of amides is 1. The third-order valence-corrected chi connectivity index (χ3v) is 2.43. The number of halogens is 2. The van der Waals surface area contributed by atoms with Crippen LogP contribution in [0.15, 0.2) is 30.6 Å². The maximum absolute atomic E-state index is 13.4. The second kappa shape index (κ2) is 5.59. The van der Waals surface area contributed by atoms with E-state index >= 15 is 0 Å². The number of anilines is 2. The molecule has 0 bridgehead atoms. The van der Waals surface area contributed by atoms with Gasteiger partial charge in [-0.3, -0.25) is 15.5 Å². The normalized spacial score (nSPS) is 10.1. The van der Waals surface area contributed by atoms with Crippen molar-refractivity contribution in [2.24, 2.45) is 0 Å². The predicted molar refractivity (Wildman–Crippen MR) is 66.8 cm³/mol. The maximum atomic E-state index is 13.4. The molecule has 3 N–H and O–H groups in total. The van der Waals surface area contributed by atoms with Crippen LogP contribution in [0.4, 0.5) is 15.8 Å². The minimum Gasteiger partial charge on any atom is -0.319 e. The lowest BCUT2D eigenvalue weighted by Gasteiger charge is -2.06. The first-order chi connectivity index (χ1) is 9.10. The lowest BCUT2D eigenvalue weighted by Crippen LogP contribution is -2.13. The van der Waals surface area contributed by atoms with E-state index in [1.165, 1.54) is 24.5 Å². The highest BCUT2D eigenvalue weighted by Gasteiger charge is 2.10. The van der Waals surface area contributed by atoms with E-state index in [0.717, 1.165) is 6.07 Å². The fraction of sp³-hybridized carbons (Fsp3) is 0. The molecule has 1 amide bonds. The summed E-state index contributed by atoms with van der Waals surface area (Å²) in [5.41, 5.74) is 1.98. The fourth-order valence-electron chi connectivity index (χ4n) is 1.33. The van der Waals surface area contributed by atoms with Gasteiger partial charge in [0.25, 0.3) is 5.91 Å². The molecule has 0 saturated heterocycles. The van der Waals surface area contributed by atoms with E-state index < -0.39 is 11.7 Å². The molecule has 19 heavy (non-hydrogen) atoms. The minimum absolute atomic E-state index is 0.0578. The molecule has 1 aromatic carbocycles. The first-order valence-electron chi connectivity index (χ1n) is 5.08. The highest BCUT2D eigenvalue weighted by molar-refractivity contribution is 6.28. The second-order valence-corrected chi connectivity index (χ2v) is 3.84. The lowest BCUT2D eigenvalue weighted by atomic mass is 10.2. The van der Waals surface area contributed by atoms with Crippen LogP contribution in [0.2, 0.25) is 5.28 Å². The van der Waals surface area contributed by atoms with Crippen LogP contribution in [-0.4, -0.2) is 21.1 Å². The first kappa shape index (κ1) is 13.2. The zero-order valence-corrected chi connectivity index (χ0v) is 10.1. The molecule has 8 heteroatoms. The van der Waals surface area contributed by atoms with E-state index in [1.54, 1.807) is 5.48 Å². The fourth-order valence-corrected chi connectivity index (χ4v) is 1.42. The third kappa shape index (κ3) is 3.15. The van der Waals surface area contributed by atoms with Crippen molar-refractivity contribution in [3.8, 4) is 0 Å². The van der Waals surface area contributed by atoms with Crippen LogP contribution in [0.5, 0.6) is 0 Å². The van der Waals surface area contributed by atoms with Crippen LogP contribution in [0, 0.1) is 5.82 Å². The summed E-state index contributed by atoms with van der Waals surface area (Å²) in [6.45, 7) is 0. The number of rotatable bonds is 3. The van der Waals surface area contributed by atoms with Gasteiger partial charge in [0.2, 0.25) is 5.28 Å². The Labute approximate surface area is 112 Å². The molecular formula is C11H8ClFN4O2. The van der Waals surface area contributed by atoms with Crippen molar-refractivity contribution < 1.29 is 14.4 Å². The van der Waals surface area contributed by atoms with Crippen LogP contribution >= 0.6 is 11.6 Å². The molecule has 0 aliphatic heterocycles. The van der Waals surface area contributed by atoms with Gasteiger partial charge in [0, 0.05) is 5.56 Å². The van der Waals surface area contributed by atoms with Crippen LogP contribution in [-0.2, 0) is 0 Å². The number of aromatic nitrogens is 2. The first-order valence-corrected chi connectivity index (χ1v) is 5.46. The SMILES string of the molecule is O=C(Nc1cnc(Cl)nc1)c1ccc(NO)c(F)c1. The van der Waals surface area contributed by atoms with Crippen molar-refractivity contribution >= 4 is 28.9 Å². The number of nitrogens with one attached hydrogen (secondary N) is 2. The summed E-state index contributed by atoms with van der Waals surface area (Å²) in [6.07, 6.45) is 2.65. The molecule has 1 aromatic heterocycles. The quantitative estimate of drug-likeness (QED) is 0.594. The van der Waals surface area contributed by atoms with Crippen LogP contribution in [0.1, 0.15) is 10.4 Å². The average Bonchev–Trinajstić information content (AvgIpc) is 2.41. The summed E-state index contributed by atoms with van der Waals surface area (Å²) in [5, 5.41) is 11.1. The van der Waals surface area contributed by atoms with E-state index in [-0.39, 0.29) is 16.5 Å². The van der Waals surface area contributed by atoms with Crippen molar-refractivity contribution in [3.63, 3.8) is 0 Å². The minimum atomic E-state index is -0.748. The zero-order chi connectivity index (χ0) is 13.8. The summed E-state index contributed by atoms with van der Waals surface area (Å²) < 4.78 is 13.4. The molecule has 0 aliphatic rings. The Hall–Kier alpha value is -2.25. The molecule has 0 aliphatic carbocycles. The number of carbonyl (C=O) groups excluding carboxylic acids is 1. The monoisotopic (exact) mass is 282 g/mol. The molecule has 0 radical (unpaired) electrons. The van der Waals surface area contributed by atoms with Gasteiger partial charge in [0.05, 0.1) is 23.8 Å². The highest BCUT2D eigenvalue weighted by Crippen LogP contribution is 2.16. The van der Waals surface area contributed by atoms with E-state index in [4.69, 9.17) is 16.8 Å². The van der Waals surface area contributed by atoms with Gasteiger partial charge in [0.1, 0.15) is 5.82 Å². The van der Waals surface area contributed by atoms with Gasteiger partial charge in [-0.15, -0.1) is 0 Å². The van der Waals surface area contributed by atoms with Gasteiger partial charge >= 0.3 is 0 Å². The Kier molecular flexibility index (Phi) is 3.88. The molecule has 0 spiro atoms. The van der Waals surface area contributed by atoms with Crippen LogP contribution in [0.25, 0.3) is 0 Å². The molecule has 2 aromatic rings. The second-order valence-electron chi connectivity index (χ2n) is 3.50. The number of benzene rings is 1. The molecule has 0 saturated carbocycles. The van der Waals surface area contributed by atoms with E-state index in [9.17, 15) is 9.18 Å². The molecule has 98 valence electrons. The highest BCUT2D eigenvalue weighted by atomic mass is 35.5. The van der Waals surface area contributed by atoms with E-state index in [1.807, 2.05) is 0 Å². The summed E-state index contributed by atoms with van der Waals surface area (Å²) in [7, 11) is 0. The van der Waals surface area contributed by atoms with Gasteiger partial charge in [0.15, 0.2) is 0 Å². The standard InChI is InChI=1S/C11H8ClFN4O2/c12-11-14-4-7(5-15-11)16-10(18)6-1-2-9(17-19)8(13)3-6/h1-5,17,19H,(H,16,18). The summed E-state index contributed by atoms with van der Waals surface area (Å²) in [6, 6.07) is 3.58. The van der Waals surface area contributed by atoms with Gasteiger partial charge in [-0.2, -0.15) is 0 Å². The van der Waals surface area contributed by atoms with Gasteiger partial charge in [-0.25, -0.2) is 14.4 Å².